The Morgan fingerprint density at radius 3 is 1.70 bits per heavy atom. The van der Waals surface area contributed by atoms with Crippen LogP contribution in [0.15, 0.2) is 0 Å². The van der Waals surface area contributed by atoms with E-state index in [0.29, 0.717) is 6.29 Å². The van der Waals surface area contributed by atoms with Crippen molar-refractivity contribution in [3.05, 3.63) is 0 Å². The first-order chi connectivity index (χ1) is 12.6. The van der Waals surface area contributed by atoms with Crippen molar-refractivity contribution in [3.63, 3.8) is 0 Å². The topological polar surface area (TPSA) is 132 Å². The van der Waals surface area contributed by atoms with Crippen LogP contribution in [0.3, 0.4) is 0 Å². The summed E-state index contributed by atoms with van der Waals surface area (Å²) >= 11 is 0. The second-order valence-electron chi connectivity index (χ2n) is 5.98. The highest BCUT2D eigenvalue weighted by Gasteiger charge is 2.51. The molecule has 2 unspecified atom stereocenters. The molecule has 0 bridgehead atoms. The number of carbonyl (C=O) groups is 5. The number of aldehydes is 1. The molecule has 152 valence electrons. The Kier molecular flexibility index (Phi) is 8.86. The van der Waals surface area contributed by atoms with Gasteiger partial charge in [-0.1, -0.05) is 0 Å². The number of esters is 4. The zero-order chi connectivity index (χ0) is 20.6. The number of hydrogen-bond donors (Lipinski definition) is 0. The van der Waals surface area contributed by atoms with E-state index in [2.05, 4.69) is 0 Å². The summed E-state index contributed by atoms with van der Waals surface area (Å²) < 4.78 is 26.5. The van der Waals surface area contributed by atoms with E-state index in [1.807, 2.05) is 0 Å². The maximum Gasteiger partial charge on any atom is 0.303 e. The largest absolute Gasteiger partial charge is 0.463 e. The third kappa shape index (κ3) is 7.33. The molecule has 0 N–H and O–H groups in total. The molecule has 0 aromatic heterocycles. The molecule has 5 atom stereocenters. The Bertz CT molecular complexity index is 572. The Labute approximate surface area is 156 Å². The monoisotopic (exact) mass is 388 g/mol. The standard InChI is InChI=1S/C17H24O10/c1-9(19)23-8-14-16(25-11(3)21)17(26-12(4)22)15(24-10(2)20)13(27-14)6-5-7-18/h7,13-17H,5-6,8H2,1-4H3/t13-,14?,15?,16+,17-/m1/s1. The first kappa shape index (κ1) is 22.6. The summed E-state index contributed by atoms with van der Waals surface area (Å²) in [5.74, 6) is -2.65. The van der Waals surface area contributed by atoms with E-state index in [0.717, 1.165) is 20.8 Å². The van der Waals surface area contributed by atoms with Crippen LogP contribution < -0.4 is 0 Å². The van der Waals surface area contributed by atoms with Crippen LogP contribution in [-0.4, -0.2) is 67.3 Å². The Hall–Kier alpha value is -2.49. The molecule has 1 aliphatic rings. The summed E-state index contributed by atoms with van der Waals surface area (Å²) in [5.41, 5.74) is 0. The highest BCUT2D eigenvalue weighted by Crippen LogP contribution is 2.31. The Balaban J connectivity index is 3.24. The zero-order valence-corrected chi connectivity index (χ0v) is 15.7. The Morgan fingerprint density at radius 1 is 0.778 bits per heavy atom. The van der Waals surface area contributed by atoms with Gasteiger partial charge in [0.15, 0.2) is 18.3 Å². The third-order valence-corrected chi connectivity index (χ3v) is 3.66. The molecular weight excluding hydrogens is 364 g/mol. The molecule has 0 saturated carbocycles. The van der Waals surface area contributed by atoms with E-state index in [1.54, 1.807) is 0 Å². The predicted molar refractivity (Wildman–Crippen MR) is 87.3 cm³/mol. The molecule has 0 amide bonds. The normalized spacial score (nSPS) is 27.2. The van der Waals surface area contributed by atoms with Crippen molar-refractivity contribution >= 4 is 30.2 Å². The smallest absolute Gasteiger partial charge is 0.303 e. The maximum atomic E-state index is 11.6. The first-order valence-corrected chi connectivity index (χ1v) is 8.39. The van der Waals surface area contributed by atoms with Crippen LogP contribution in [0, 0.1) is 0 Å². The van der Waals surface area contributed by atoms with Crippen LogP contribution in [-0.2, 0) is 47.7 Å². The molecule has 0 aromatic carbocycles. The summed E-state index contributed by atoms with van der Waals surface area (Å²) in [6, 6.07) is 0. The first-order valence-electron chi connectivity index (χ1n) is 8.39. The van der Waals surface area contributed by atoms with E-state index in [1.165, 1.54) is 6.92 Å². The summed E-state index contributed by atoms with van der Waals surface area (Å²) in [6.07, 6.45) is -4.39. The van der Waals surface area contributed by atoms with Crippen LogP contribution in [0.4, 0.5) is 0 Å². The van der Waals surface area contributed by atoms with Gasteiger partial charge in [-0.25, -0.2) is 0 Å². The Morgan fingerprint density at radius 2 is 1.26 bits per heavy atom. The second kappa shape index (κ2) is 10.6. The van der Waals surface area contributed by atoms with Crippen LogP contribution >= 0.6 is 0 Å². The minimum absolute atomic E-state index is 0.0910. The fourth-order valence-corrected chi connectivity index (χ4v) is 2.78. The number of hydrogen-bond acceptors (Lipinski definition) is 10. The quantitative estimate of drug-likeness (QED) is 0.320. The van der Waals surface area contributed by atoms with Crippen molar-refractivity contribution in [1.29, 1.82) is 0 Å². The highest BCUT2D eigenvalue weighted by molar-refractivity contribution is 5.68. The minimum Gasteiger partial charge on any atom is -0.463 e. The molecule has 1 heterocycles. The van der Waals surface area contributed by atoms with Crippen molar-refractivity contribution in [3.8, 4) is 0 Å². The average Bonchev–Trinajstić information content (AvgIpc) is 2.54. The van der Waals surface area contributed by atoms with Gasteiger partial charge in [0.1, 0.15) is 19.0 Å². The van der Waals surface area contributed by atoms with E-state index in [9.17, 15) is 24.0 Å². The number of carbonyl (C=O) groups excluding carboxylic acids is 5. The van der Waals surface area contributed by atoms with Crippen molar-refractivity contribution in [2.45, 2.75) is 71.1 Å². The molecule has 10 nitrogen and oxygen atoms in total. The van der Waals surface area contributed by atoms with Crippen LogP contribution in [0.5, 0.6) is 0 Å². The molecule has 10 heteroatoms. The van der Waals surface area contributed by atoms with E-state index in [-0.39, 0.29) is 19.4 Å². The molecule has 1 rings (SSSR count). The third-order valence-electron chi connectivity index (χ3n) is 3.66. The van der Waals surface area contributed by atoms with Gasteiger partial charge >= 0.3 is 23.9 Å². The lowest BCUT2D eigenvalue weighted by atomic mass is 9.92. The zero-order valence-electron chi connectivity index (χ0n) is 15.7. The number of ether oxygens (including phenoxy) is 5. The molecular formula is C17H24O10. The molecule has 1 aliphatic heterocycles. The van der Waals surface area contributed by atoms with Crippen molar-refractivity contribution in [2.75, 3.05) is 6.61 Å². The van der Waals surface area contributed by atoms with Gasteiger partial charge < -0.3 is 28.5 Å². The average molecular weight is 388 g/mol. The molecule has 0 aromatic rings. The van der Waals surface area contributed by atoms with Gasteiger partial charge in [-0.3, -0.25) is 19.2 Å². The fourth-order valence-electron chi connectivity index (χ4n) is 2.78. The van der Waals surface area contributed by atoms with Crippen molar-refractivity contribution < 1.29 is 47.7 Å². The fraction of sp³-hybridized carbons (Fsp3) is 0.706. The van der Waals surface area contributed by atoms with Gasteiger partial charge in [0.2, 0.25) is 0 Å². The maximum absolute atomic E-state index is 11.6. The molecule has 0 spiro atoms. The highest BCUT2D eigenvalue weighted by atomic mass is 16.7. The van der Waals surface area contributed by atoms with E-state index >= 15 is 0 Å². The van der Waals surface area contributed by atoms with E-state index in [4.69, 9.17) is 23.7 Å². The van der Waals surface area contributed by atoms with Gasteiger partial charge in [-0.05, 0) is 6.42 Å². The van der Waals surface area contributed by atoms with Crippen LogP contribution in [0.25, 0.3) is 0 Å². The van der Waals surface area contributed by atoms with Gasteiger partial charge in [-0.15, -0.1) is 0 Å². The lowest BCUT2D eigenvalue weighted by molar-refractivity contribution is -0.253. The van der Waals surface area contributed by atoms with Gasteiger partial charge in [-0.2, -0.15) is 0 Å². The van der Waals surface area contributed by atoms with Gasteiger partial charge in [0, 0.05) is 34.1 Å². The minimum atomic E-state index is -1.19. The van der Waals surface area contributed by atoms with Crippen LogP contribution in [0.2, 0.25) is 0 Å². The molecule has 0 aliphatic carbocycles. The predicted octanol–water partition coefficient (Wildman–Crippen LogP) is 0.0911. The summed E-state index contributed by atoms with van der Waals surface area (Å²) in [6.45, 7) is 4.36. The van der Waals surface area contributed by atoms with Crippen molar-refractivity contribution in [1.82, 2.24) is 0 Å². The molecule has 1 saturated heterocycles. The summed E-state index contributed by atoms with van der Waals surface area (Å²) in [4.78, 5) is 56.5. The van der Waals surface area contributed by atoms with Crippen molar-refractivity contribution in [2.24, 2.45) is 0 Å². The van der Waals surface area contributed by atoms with Gasteiger partial charge in [0.25, 0.3) is 0 Å². The summed E-state index contributed by atoms with van der Waals surface area (Å²) in [5, 5.41) is 0. The van der Waals surface area contributed by atoms with Crippen LogP contribution in [0.1, 0.15) is 40.5 Å². The SMILES string of the molecule is CC(=O)OCC1O[C@H](CCC=O)C(OC(C)=O)[C@@H](OC(C)=O)[C@H]1OC(C)=O. The molecule has 0 radical (unpaired) electrons. The lowest BCUT2D eigenvalue weighted by Gasteiger charge is -2.44. The lowest BCUT2D eigenvalue weighted by Crippen LogP contribution is -2.62. The van der Waals surface area contributed by atoms with E-state index < -0.39 is 54.4 Å². The second-order valence-corrected chi connectivity index (χ2v) is 5.98. The van der Waals surface area contributed by atoms with Gasteiger partial charge in [0.05, 0.1) is 6.10 Å². The number of rotatable bonds is 8. The summed E-state index contributed by atoms with van der Waals surface area (Å²) in [7, 11) is 0. The molecule has 27 heavy (non-hydrogen) atoms. The molecule has 1 fully saturated rings.